The van der Waals surface area contributed by atoms with Crippen molar-refractivity contribution in [3.8, 4) is 0 Å². The lowest BCUT2D eigenvalue weighted by molar-refractivity contribution is -0.146. The first-order valence-corrected chi connectivity index (χ1v) is 10.0. The number of rotatable bonds is 4. The van der Waals surface area contributed by atoms with E-state index in [4.69, 9.17) is 4.74 Å². The minimum Gasteiger partial charge on any atom is -0.469 e. The van der Waals surface area contributed by atoms with Crippen molar-refractivity contribution in [3.63, 3.8) is 0 Å². The maximum absolute atomic E-state index is 12.6. The van der Waals surface area contributed by atoms with E-state index in [9.17, 15) is 18.0 Å². The number of ether oxygens (including phenoxy) is 1. The van der Waals surface area contributed by atoms with Crippen LogP contribution < -0.4 is 5.32 Å². The van der Waals surface area contributed by atoms with Gasteiger partial charge in [0.25, 0.3) is 10.0 Å². The molecular weight excluding hydrogens is 368 g/mol. The van der Waals surface area contributed by atoms with Gasteiger partial charge in [0.2, 0.25) is 15.4 Å². The van der Waals surface area contributed by atoms with E-state index in [1.807, 2.05) is 0 Å². The number of sulfonamides is 1. The highest BCUT2D eigenvalue weighted by atomic mass is 32.2. The summed E-state index contributed by atoms with van der Waals surface area (Å²) in [6.45, 7) is 5.65. The number of nitrogens with zero attached hydrogens (tertiary/aromatic N) is 3. The van der Waals surface area contributed by atoms with Crippen molar-refractivity contribution >= 4 is 38.4 Å². The number of methoxy groups -OCH3 is 1. The summed E-state index contributed by atoms with van der Waals surface area (Å²) in [4.78, 5) is 23.5. The molecule has 1 aliphatic heterocycles. The van der Waals surface area contributed by atoms with E-state index < -0.39 is 15.4 Å². The molecule has 1 amide bonds. The van der Waals surface area contributed by atoms with Crippen LogP contribution in [0.25, 0.3) is 0 Å². The van der Waals surface area contributed by atoms with Gasteiger partial charge in [0.1, 0.15) is 0 Å². The molecule has 1 aliphatic rings. The molecule has 1 fully saturated rings. The predicted octanol–water partition coefficient (Wildman–Crippen LogP) is 1.10. The zero-order chi connectivity index (χ0) is 18.8. The molecule has 0 saturated carbocycles. The smallest absolute Gasteiger partial charge is 0.308 e. The number of carbonyl (C=O) groups excluding carboxylic acids is 2. The van der Waals surface area contributed by atoms with E-state index in [0.29, 0.717) is 12.8 Å². The van der Waals surface area contributed by atoms with E-state index in [1.165, 1.54) is 11.4 Å². The zero-order valence-electron chi connectivity index (χ0n) is 14.6. The minimum atomic E-state index is -3.79. The van der Waals surface area contributed by atoms with Gasteiger partial charge in [-0.1, -0.05) is 32.1 Å². The first kappa shape index (κ1) is 19.7. The Morgan fingerprint density at radius 2 is 1.84 bits per heavy atom. The monoisotopic (exact) mass is 390 g/mol. The van der Waals surface area contributed by atoms with Crippen LogP contribution >= 0.6 is 11.3 Å². The van der Waals surface area contributed by atoms with Gasteiger partial charge in [-0.05, 0) is 12.8 Å². The van der Waals surface area contributed by atoms with Crippen molar-refractivity contribution in [3.05, 3.63) is 0 Å². The molecule has 1 aromatic rings. The Labute approximate surface area is 150 Å². The predicted molar refractivity (Wildman–Crippen MR) is 91.5 cm³/mol. The van der Waals surface area contributed by atoms with Gasteiger partial charge in [0.15, 0.2) is 0 Å². The fourth-order valence-electron chi connectivity index (χ4n) is 2.26. The first-order valence-electron chi connectivity index (χ1n) is 7.78. The molecule has 0 aromatic carbocycles. The van der Waals surface area contributed by atoms with Gasteiger partial charge in [0.05, 0.1) is 13.0 Å². The Balaban J connectivity index is 2.06. The molecule has 1 N–H and O–H groups in total. The van der Waals surface area contributed by atoms with Gasteiger partial charge < -0.3 is 10.1 Å². The molecule has 0 atom stereocenters. The largest absolute Gasteiger partial charge is 0.469 e. The molecule has 2 heterocycles. The van der Waals surface area contributed by atoms with Crippen molar-refractivity contribution in [2.24, 2.45) is 11.3 Å². The molecule has 0 aliphatic carbocycles. The summed E-state index contributed by atoms with van der Waals surface area (Å²) >= 11 is 0.814. The van der Waals surface area contributed by atoms with Crippen LogP contribution in [-0.2, 0) is 24.3 Å². The lowest BCUT2D eigenvalue weighted by Crippen LogP contribution is -2.40. The quantitative estimate of drug-likeness (QED) is 0.604. The Bertz CT molecular complexity index is 746. The molecule has 0 bridgehead atoms. The van der Waals surface area contributed by atoms with Gasteiger partial charge in [-0.25, -0.2) is 8.42 Å². The standard InChI is InChI=1S/C14H22N4O5S2/c1-14(2,3)11(20)15-12-16-17-13(24-12)25(21,22)18-7-5-9(6-8-18)10(19)23-4/h9H,5-8H2,1-4H3,(H,15,16,20). The maximum Gasteiger partial charge on any atom is 0.308 e. The van der Waals surface area contributed by atoms with Crippen molar-refractivity contribution in [1.29, 1.82) is 0 Å². The number of nitrogens with one attached hydrogen (secondary N) is 1. The number of amides is 1. The molecule has 0 unspecified atom stereocenters. The summed E-state index contributed by atoms with van der Waals surface area (Å²) in [5, 5.41) is 10.2. The minimum absolute atomic E-state index is 0.142. The highest BCUT2D eigenvalue weighted by Crippen LogP contribution is 2.28. The molecule has 0 radical (unpaired) electrons. The van der Waals surface area contributed by atoms with E-state index in [2.05, 4.69) is 15.5 Å². The summed E-state index contributed by atoms with van der Waals surface area (Å²) in [7, 11) is -2.47. The van der Waals surface area contributed by atoms with Crippen LogP contribution in [0.3, 0.4) is 0 Å². The molecule has 1 saturated heterocycles. The van der Waals surface area contributed by atoms with Gasteiger partial charge >= 0.3 is 5.97 Å². The number of hydrogen-bond acceptors (Lipinski definition) is 8. The summed E-state index contributed by atoms with van der Waals surface area (Å²) < 4.78 is 31.1. The van der Waals surface area contributed by atoms with Crippen LogP contribution in [0.4, 0.5) is 5.13 Å². The van der Waals surface area contributed by atoms with Crippen molar-refractivity contribution in [2.75, 3.05) is 25.5 Å². The summed E-state index contributed by atoms with van der Waals surface area (Å²) in [5.74, 6) is -0.876. The maximum atomic E-state index is 12.6. The van der Waals surface area contributed by atoms with Crippen molar-refractivity contribution < 1.29 is 22.7 Å². The molecule has 0 spiro atoms. The van der Waals surface area contributed by atoms with Crippen LogP contribution in [0.2, 0.25) is 0 Å². The zero-order valence-corrected chi connectivity index (χ0v) is 16.2. The third-order valence-electron chi connectivity index (χ3n) is 3.86. The van der Waals surface area contributed by atoms with Crippen molar-refractivity contribution in [2.45, 2.75) is 38.0 Å². The number of hydrogen-bond donors (Lipinski definition) is 1. The second kappa shape index (κ2) is 7.34. The van der Waals surface area contributed by atoms with Gasteiger partial charge in [-0.3, -0.25) is 9.59 Å². The van der Waals surface area contributed by atoms with Crippen LogP contribution in [0, 0.1) is 11.3 Å². The van der Waals surface area contributed by atoms with E-state index in [-0.39, 0.29) is 40.4 Å². The molecule has 25 heavy (non-hydrogen) atoms. The second-order valence-corrected chi connectivity index (χ2v) is 9.87. The highest BCUT2D eigenvalue weighted by molar-refractivity contribution is 7.91. The van der Waals surface area contributed by atoms with E-state index in [1.54, 1.807) is 20.8 Å². The number of carbonyl (C=O) groups is 2. The molecule has 2 rings (SSSR count). The van der Waals surface area contributed by atoms with Crippen LogP contribution in [0.1, 0.15) is 33.6 Å². The first-order chi connectivity index (χ1) is 11.6. The third kappa shape index (κ3) is 4.53. The van der Waals surface area contributed by atoms with Gasteiger partial charge in [-0.2, -0.15) is 4.31 Å². The van der Waals surface area contributed by atoms with Crippen LogP contribution in [-0.4, -0.2) is 55.0 Å². The molecule has 140 valence electrons. The highest BCUT2D eigenvalue weighted by Gasteiger charge is 2.35. The van der Waals surface area contributed by atoms with E-state index >= 15 is 0 Å². The second-order valence-electron chi connectivity index (χ2n) is 6.78. The van der Waals surface area contributed by atoms with Crippen LogP contribution in [0.5, 0.6) is 0 Å². The van der Waals surface area contributed by atoms with Crippen molar-refractivity contribution in [1.82, 2.24) is 14.5 Å². The number of anilines is 1. The SMILES string of the molecule is COC(=O)C1CCN(S(=O)(=O)c2nnc(NC(=O)C(C)(C)C)s2)CC1. The normalized spacial score (nSPS) is 17.3. The average Bonchev–Trinajstić information content (AvgIpc) is 3.02. The lowest BCUT2D eigenvalue weighted by Gasteiger charge is -2.28. The number of piperidine rings is 1. The summed E-state index contributed by atoms with van der Waals surface area (Å²) in [5.41, 5.74) is -0.625. The lowest BCUT2D eigenvalue weighted by atomic mass is 9.96. The Hall–Kier alpha value is -1.59. The Morgan fingerprint density at radius 1 is 1.24 bits per heavy atom. The Morgan fingerprint density at radius 3 is 2.36 bits per heavy atom. The fourth-order valence-corrected chi connectivity index (χ4v) is 4.76. The fraction of sp³-hybridized carbons (Fsp3) is 0.714. The third-order valence-corrected chi connectivity index (χ3v) is 6.94. The van der Waals surface area contributed by atoms with Gasteiger partial charge in [0, 0.05) is 18.5 Å². The summed E-state index contributed by atoms with van der Waals surface area (Å²) in [6, 6.07) is 0. The Kier molecular flexibility index (Phi) is 5.79. The molecule has 11 heteroatoms. The number of aromatic nitrogens is 2. The number of esters is 1. The molecular formula is C14H22N4O5S2. The molecule has 1 aromatic heterocycles. The summed E-state index contributed by atoms with van der Waals surface area (Å²) in [6.07, 6.45) is 0.802. The van der Waals surface area contributed by atoms with Gasteiger partial charge in [-0.15, -0.1) is 10.2 Å². The molecule has 9 nitrogen and oxygen atoms in total. The van der Waals surface area contributed by atoms with E-state index in [0.717, 1.165) is 11.3 Å². The topological polar surface area (TPSA) is 119 Å². The van der Waals surface area contributed by atoms with Crippen LogP contribution in [0.15, 0.2) is 4.34 Å². The average molecular weight is 390 g/mol.